The summed E-state index contributed by atoms with van der Waals surface area (Å²) in [5.41, 5.74) is 1.61. The van der Waals surface area contributed by atoms with Gasteiger partial charge < -0.3 is 5.11 Å². The van der Waals surface area contributed by atoms with E-state index in [2.05, 4.69) is 0 Å². The molecule has 0 spiro atoms. The smallest absolute Gasteiger partial charge is 0.119 e. The van der Waals surface area contributed by atoms with Crippen LogP contribution in [0.3, 0.4) is 0 Å². The van der Waals surface area contributed by atoms with E-state index >= 15 is 0 Å². The van der Waals surface area contributed by atoms with Gasteiger partial charge >= 0.3 is 0 Å². The quantitative estimate of drug-likeness (QED) is 0.700. The Morgan fingerprint density at radius 3 is 2.62 bits per heavy atom. The number of benzene rings is 1. The number of phenols is 1. The summed E-state index contributed by atoms with van der Waals surface area (Å²) in [7, 11) is 0. The second-order valence-corrected chi connectivity index (χ2v) is 2.69. The van der Waals surface area contributed by atoms with E-state index < -0.39 is 0 Å². The van der Waals surface area contributed by atoms with E-state index in [4.69, 9.17) is 10.5 Å². The Balaban J connectivity index is 3.34. The van der Waals surface area contributed by atoms with Crippen LogP contribution in [-0.2, 0) is 6.42 Å². The fraction of sp³-hybridized carbons (Fsp3) is 0.200. The Labute approximate surface area is 76.5 Å². The molecule has 0 aliphatic carbocycles. The van der Waals surface area contributed by atoms with Crippen LogP contribution in [-0.4, -0.2) is 5.11 Å². The molecule has 0 aliphatic rings. The Bertz CT molecular complexity index is 410. The molecule has 13 heavy (non-hydrogen) atoms. The number of nitrogens with zero attached hydrogens (tertiary/aromatic N) is 2. The van der Waals surface area contributed by atoms with Gasteiger partial charge in [-0.2, -0.15) is 10.5 Å². The van der Waals surface area contributed by atoms with Crippen molar-refractivity contribution >= 4 is 0 Å². The molecule has 0 aliphatic heterocycles. The molecule has 3 heteroatoms. The Hall–Kier alpha value is -2.00. The number of phenolic OH excluding ortho intramolecular Hbond substituents is 1. The summed E-state index contributed by atoms with van der Waals surface area (Å²) in [4.78, 5) is 0. The van der Waals surface area contributed by atoms with Gasteiger partial charge in [0.15, 0.2) is 0 Å². The highest BCUT2D eigenvalue weighted by atomic mass is 16.3. The minimum Gasteiger partial charge on any atom is -0.508 e. The molecule has 0 atom stereocenters. The minimum atomic E-state index is 0.0956. The average Bonchev–Trinajstić information content (AvgIpc) is 2.12. The summed E-state index contributed by atoms with van der Waals surface area (Å²) in [6.45, 7) is 1.66. The van der Waals surface area contributed by atoms with Crippen molar-refractivity contribution in [3.8, 4) is 17.9 Å². The highest BCUT2D eigenvalue weighted by Crippen LogP contribution is 2.22. The van der Waals surface area contributed by atoms with Gasteiger partial charge in [0, 0.05) is 5.56 Å². The molecule has 1 N–H and O–H groups in total. The molecule has 1 aromatic carbocycles. The van der Waals surface area contributed by atoms with Crippen molar-refractivity contribution < 1.29 is 5.11 Å². The van der Waals surface area contributed by atoms with Crippen LogP contribution in [0.5, 0.6) is 5.75 Å². The number of rotatable bonds is 1. The lowest BCUT2D eigenvalue weighted by atomic mass is 10.0. The third-order valence-electron chi connectivity index (χ3n) is 1.90. The summed E-state index contributed by atoms with van der Waals surface area (Å²) >= 11 is 0. The SMILES string of the molecule is Cc1c(O)ccc(CC#N)c1C#N. The van der Waals surface area contributed by atoms with Crippen LogP contribution in [0.4, 0.5) is 0 Å². The molecule has 64 valence electrons. The number of aromatic hydroxyl groups is 1. The molecule has 0 fully saturated rings. The standard InChI is InChI=1S/C10H8N2O/c1-7-9(6-12)8(4-5-11)2-3-10(7)13/h2-3,13H,4H2,1H3. The molecule has 0 bridgehead atoms. The third-order valence-corrected chi connectivity index (χ3v) is 1.90. The summed E-state index contributed by atoms with van der Waals surface area (Å²) in [5.74, 6) is 0.0956. The first-order chi connectivity index (χ1) is 6.20. The summed E-state index contributed by atoms with van der Waals surface area (Å²) in [6, 6.07) is 7.06. The van der Waals surface area contributed by atoms with E-state index in [1.165, 1.54) is 6.07 Å². The van der Waals surface area contributed by atoms with E-state index in [0.717, 1.165) is 0 Å². The van der Waals surface area contributed by atoms with Gasteiger partial charge in [-0.25, -0.2) is 0 Å². The monoisotopic (exact) mass is 172 g/mol. The van der Waals surface area contributed by atoms with Crippen LogP contribution < -0.4 is 0 Å². The van der Waals surface area contributed by atoms with Gasteiger partial charge in [0.05, 0.1) is 24.1 Å². The molecule has 3 nitrogen and oxygen atoms in total. The van der Waals surface area contributed by atoms with Crippen LogP contribution in [0.2, 0.25) is 0 Å². The maximum absolute atomic E-state index is 9.29. The Morgan fingerprint density at radius 2 is 2.08 bits per heavy atom. The summed E-state index contributed by atoms with van der Waals surface area (Å²) < 4.78 is 0. The molecule has 0 saturated carbocycles. The van der Waals surface area contributed by atoms with Gasteiger partial charge in [0.25, 0.3) is 0 Å². The topological polar surface area (TPSA) is 67.8 Å². The maximum Gasteiger partial charge on any atom is 0.119 e. The average molecular weight is 172 g/mol. The van der Waals surface area contributed by atoms with Crippen molar-refractivity contribution in [3.63, 3.8) is 0 Å². The molecule has 0 aromatic heterocycles. The normalized spacial score (nSPS) is 8.85. The van der Waals surface area contributed by atoms with Crippen molar-refractivity contribution in [2.24, 2.45) is 0 Å². The van der Waals surface area contributed by atoms with E-state index in [1.807, 2.05) is 12.1 Å². The largest absolute Gasteiger partial charge is 0.508 e. The zero-order valence-electron chi connectivity index (χ0n) is 7.20. The lowest BCUT2D eigenvalue weighted by Gasteiger charge is -2.04. The summed E-state index contributed by atoms with van der Waals surface area (Å²) in [6.07, 6.45) is 0.198. The van der Waals surface area contributed by atoms with Gasteiger partial charge in [0.1, 0.15) is 5.75 Å². The van der Waals surface area contributed by atoms with E-state index in [9.17, 15) is 5.11 Å². The molecular weight excluding hydrogens is 164 g/mol. The molecule has 1 rings (SSSR count). The first-order valence-corrected chi connectivity index (χ1v) is 3.79. The van der Waals surface area contributed by atoms with Crippen LogP contribution in [0.1, 0.15) is 16.7 Å². The van der Waals surface area contributed by atoms with Crippen molar-refractivity contribution in [3.05, 3.63) is 28.8 Å². The van der Waals surface area contributed by atoms with E-state index in [-0.39, 0.29) is 12.2 Å². The molecule has 1 aromatic rings. The second-order valence-electron chi connectivity index (χ2n) is 2.69. The van der Waals surface area contributed by atoms with Crippen LogP contribution in [0.25, 0.3) is 0 Å². The lowest BCUT2D eigenvalue weighted by molar-refractivity contribution is 0.470. The van der Waals surface area contributed by atoms with Gasteiger partial charge in [0.2, 0.25) is 0 Å². The van der Waals surface area contributed by atoms with Gasteiger partial charge in [-0.15, -0.1) is 0 Å². The highest BCUT2D eigenvalue weighted by Gasteiger charge is 2.07. The molecular formula is C10H8N2O. The minimum absolute atomic E-state index is 0.0956. The zero-order valence-corrected chi connectivity index (χ0v) is 7.20. The molecule has 0 heterocycles. The van der Waals surface area contributed by atoms with E-state index in [0.29, 0.717) is 16.7 Å². The predicted octanol–water partition coefficient (Wildman–Crippen LogP) is 1.64. The number of hydrogen-bond donors (Lipinski definition) is 1. The lowest BCUT2D eigenvalue weighted by Crippen LogP contribution is -1.92. The first-order valence-electron chi connectivity index (χ1n) is 3.79. The molecule has 0 unspecified atom stereocenters. The Morgan fingerprint density at radius 1 is 1.38 bits per heavy atom. The van der Waals surface area contributed by atoms with Crippen molar-refractivity contribution in [2.45, 2.75) is 13.3 Å². The summed E-state index contributed by atoms with van der Waals surface area (Å²) in [5, 5.41) is 26.5. The zero-order chi connectivity index (χ0) is 9.84. The van der Waals surface area contributed by atoms with Gasteiger partial charge in [-0.1, -0.05) is 6.07 Å². The van der Waals surface area contributed by atoms with E-state index in [1.54, 1.807) is 13.0 Å². The fourth-order valence-electron chi connectivity index (χ4n) is 1.14. The van der Waals surface area contributed by atoms with Crippen molar-refractivity contribution in [1.82, 2.24) is 0 Å². The van der Waals surface area contributed by atoms with Crippen LogP contribution in [0, 0.1) is 29.6 Å². The molecule has 0 amide bonds. The second kappa shape index (κ2) is 3.60. The number of nitriles is 2. The first kappa shape index (κ1) is 9.09. The maximum atomic E-state index is 9.29. The van der Waals surface area contributed by atoms with Gasteiger partial charge in [-0.05, 0) is 18.6 Å². The highest BCUT2D eigenvalue weighted by molar-refractivity contribution is 5.50. The Kier molecular flexibility index (Phi) is 2.52. The fourth-order valence-corrected chi connectivity index (χ4v) is 1.14. The molecule has 0 radical (unpaired) electrons. The third kappa shape index (κ3) is 1.60. The van der Waals surface area contributed by atoms with Crippen molar-refractivity contribution in [2.75, 3.05) is 0 Å². The molecule has 0 saturated heterocycles. The number of hydrogen-bond acceptors (Lipinski definition) is 3. The van der Waals surface area contributed by atoms with Gasteiger partial charge in [-0.3, -0.25) is 0 Å². The van der Waals surface area contributed by atoms with Crippen molar-refractivity contribution in [1.29, 1.82) is 10.5 Å². The van der Waals surface area contributed by atoms with Crippen LogP contribution in [0.15, 0.2) is 12.1 Å². The predicted molar refractivity (Wildman–Crippen MR) is 46.9 cm³/mol. The van der Waals surface area contributed by atoms with Crippen LogP contribution >= 0.6 is 0 Å².